The molecular weight excluding hydrogens is 132 g/mol. The number of aliphatic carboxylic acids is 1. The van der Waals surface area contributed by atoms with Crippen molar-refractivity contribution in [3.05, 3.63) is 0 Å². The van der Waals surface area contributed by atoms with Crippen molar-refractivity contribution in [2.75, 3.05) is 6.61 Å². The van der Waals surface area contributed by atoms with Gasteiger partial charge in [0.2, 0.25) is 0 Å². The van der Waals surface area contributed by atoms with Gasteiger partial charge in [-0.1, -0.05) is 13.8 Å². The summed E-state index contributed by atoms with van der Waals surface area (Å²) >= 11 is 0. The fraction of sp³-hybridized carbons (Fsp3) is 0.857. The second kappa shape index (κ2) is 4.28. The summed E-state index contributed by atoms with van der Waals surface area (Å²) < 4.78 is 0. The smallest absolute Gasteiger partial charge is 0.306 e. The summed E-state index contributed by atoms with van der Waals surface area (Å²) in [4.78, 5) is 10.4. The van der Waals surface area contributed by atoms with Crippen molar-refractivity contribution in [2.24, 2.45) is 11.8 Å². The van der Waals surface area contributed by atoms with Gasteiger partial charge in [0.25, 0.3) is 0 Å². The van der Waals surface area contributed by atoms with Crippen molar-refractivity contribution in [1.82, 2.24) is 0 Å². The Kier molecular flexibility index (Phi) is 4.03. The average molecular weight is 146 g/mol. The van der Waals surface area contributed by atoms with Gasteiger partial charge < -0.3 is 10.2 Å². The zero-order chi connectivity index (χ0) is 8.15. The molecule has 0 fully saturated rings. The Morgan fingerprint density at radius 2 is 2.00 bits per heavy atom. The minimum atomic E-state index is -0.816. The summed E-state index contributed by atoms with van der Waals surface area (Å²) in [6, 6.07) is 0. The number of carboxylic acids is 1. The Morgan fingerprint density at radius 3 is 2.10 bits per heavy atom. The number of hydrogen-bond acceptors (Lipinski definition) is 2. The molecule has 0 unspecified atom stereocenters. The Balaban J connectivity index is 3.85. The molecule has 0 saturated carbocycles. The van der Waals surface area contributed by atoms with Gasteiger partial charge in [-0.15, -0.1) is 0 Å². The minimum Gasteiger partial charge on any atom is -0.481 e. The summed E-state index contributed by atoms with van der Waals surface area (Å²) in [5.74, 6) is -1.11. The first-order valence-electron chi connectivity index (χ1n) is 3.43. The number of rotatable bonds is 4. The number of carboxylic acid groups (broad SMARTS) is 1. The normalized spacial score (nSPS) is 13.6. The average Bonchev–Trinajstić information content (AvgIpc) is 1.81. The summed E-state index contributed by atoms with van der Waals surface area (Å²) in [6.07, 6.45) is 0.354. The molecule has 0 aromatic heterocycles. The molecule has 0 aliphatic heterocycles. The molecule has 0 aliphatic carbocycles. The van der Waals surface area contributed by atoms with Crippen molar-refractivity contribution in [1.29, 1.82) is 0 Å². The van der Waals surface area contributed by atoms with Gasteiger partial charge in [-0.25, -0.2) is 0 Å². The van der Waals surface area contributed by atoms with Gasteiger partial charge in [0, 0.05) is 6.61 Å². The summed E-state index contributed by atoms with van der Waals surface area (Å²) in [6.45, 7) is 3.64. The van der Waals surface area contributed by atoms with Crippen LogP contribution in [0.3, 0.4) is 0 Å². The van der Waals surface area contributed by atoms with Crippen LogP contribution in [-0.4, -0.2) is 22.8 Å². The van der Waals surface area contributed by atoms with E-state index in [1.165, 1.54) is 0 Å². The molecular formula is C7H14O3. The van der Waals surface area contributed by atoms with E-state index in [1.807, 2.05) is 13.8 Å². The number of carbonyl (C=O) groups is 1. The van der Waals surface area contributed by atoms with E-state index in [-0.39, 0.29) is 12.5 Å². The fourth-order valence-corrected chi connectivity index (χ4v) is 0.881. The van der Waals surface area contributed by atoms with Gasteiger partial charge in [-0.05, 0) is 12.3 Å². The minimum absolute atomic E-state index is 0.0465. The monoisotopic (exact) mass is 146 g/mol. The maximum absolute atomic E-state index is 10.4. The van der Waals surface area contributed by atoms with Crippen LogP contribution in [0, 0.1) is 11.8 Å². The zero-order valence-electron chi connectivity index (χ0n) is 6.37. The quantitative estimate of drug-likeness (QED) is 0.614. The molecule has 0 radical (unpaired) electrons. The van der Waals surface area contributed by atoms with Gasteiger partial charge >= 0.3 is 5.97 Å². The van der Waals surface area contributed by atoms with Crippen molar-refractivity contribution in [2.45, 2.75) is 20.3 Å². The van der Waals surface area contributed by atoms with E-state index >= 15 is 0 Å². The molecule has 0 heterocycles. The van der Waals surface area contributed by atoms with Crippen LogP contribution >= 0.6 is 0 Å². The molecule has 0 saturated heterocycles. The van der Waals surface area contributed by atoms with E-state index in [1.54, 1.807) is 0 Å². The van der Waals surface area contributed by atoms with Crippen LogP contribution in [0.15, 0.2) is 0 Å². The van der Waals surface area contributed by atoms with Gasteiger partial charge in [0.05, 0.1) is 5.92 Å². The molecule has 60 valence electrons. The standard InChI is InChI=1S/C7H14O3/c1-5(2)6(3-4-8)7(9)10/h5-6,8H,3-4H2,1-2H3,(H,9,10)/t6-/m0/s1. The molecule has 0 bridgehead atoms. The first-order chi connectivity index (χ1) is 4.59. The fourth-order valence-electron chi connectivity index (χ4n) is 0.881. The van der Waals surface area contributed by atoms with E-state index in [0.29, 0.717) is 6.42 Å². The largest absolute Gasteiger partial charge is 0.481 e. The molecule has 0 aliphatic rings. The molecule has 0 aromatic carbocycles. The molecule has 0 aromatic rings. The number of aliphatic hydroxyl groups is 1. The summed E-state index contributed by atoms with van der Waals surface area (Å²) in [5.41, 5.74) is 0. The highest BCUT2D eigenvalue weighted by Gasteiger charge is 2.19. The van der Waals surface area contributed by atoms with E-state index < -0.39 is 11.9 Å². The van der Waals surface area contributed by atoms with Crippen LogP contribution < -0.4 is 0 Å². The predicted octanol–water partition coefficient (Wildman–Crippen LogP) is 0.726. The first-order valence-corrected chi connectivity index (χ1v) is 3.43. The van der Waals surface area contributed by atoms with Gasteiger partial charge in [0.1, 0.15) is 0 Å². The third kappa shape index (κ3) is 2.82. The Morgan fingerprint density at radius 1 is 1.50 bits per heavy atom. The van der Waals surface area contributed by atoms with Gasteiger partial charge in [0.15, 0.2) is 0 Å². The van der Waals surface area contributed by atoms with Crippen LogP contribution in [0.1, 0.15) is 20.3 Å². The number of aliphatic hydroxyl groups excluding tert-OH is 1. The highest BCUT2D eigenvalue weighted by molar-refractivity contribution is 5.70. The van der Waals surface area contributed by atoms with Crippen LogP contribution in [0.4, 0.5) is 0 Å². The SMILES string of the molecule is CC(C)[C@H](CCO)C(=O)O. The molecule has 0 spiro atoms. The topological polar surface area (TPSA) is 57.5 Å². The van der Waals surface area contributed by atoms with E-state index in [9.17, 15) is 4.79 Å². The van der Waals surface area contributed by atoms with Gasteiger partial charge in [-0.2, -0.15) is 0 Å². The third-order valence-corrected chi connectivity index (χ3v) is 1.56. The number of hydrogen-bond donors (Lipinski definition) is 2. The summed E-state index contributed by atoms with van der Waals surface area (Å²) in [7, 11) is 0. The molecule has 2 N–H and O–H groups in total. The predicted molar refractivity (Wildman–Crippen MR) is 37.7 cm³/mol. The highest BCUT2D eigenvalue weighted by atomic mass is 16.4. The van der Waals surface area contributed by atoms with Crippen molar-refractivity contribution >= 4 is 5.97 Å². The van der Waals surface area contributed by atoms with Crippen LogP contribution in [0.5, 0.6) is 0 Å². The van der Waals surface area contributed by atoms with Crippen molar-refractivity contribution < 1.29 is 15.0 Å². The lowest BCUT2D eigenvalue weighted by Gasteiger charge is -2.13. The molecule has 3 heteroatoms. The van der Waals surface area contributed by atoms with Crippen LogP contribution in [0.2, 0.25) is 0 Å². The Bertz CT molecular complexity index is 109. The molecule has 3 nitrogen and oxygen atoms in total. The van der Waals surface area contributed by atoms with E-state index in [4.69, 9.17) is 10.2 Å². The molecule has 0 rings (SSSR count). The van der Waals surface area contributed by atoms with Crippen molar-refractivity contribution in [3.63, 3.8) is 0 Å². The van der Waals surface area contributed by atoms with E-state index in [0.717, 1.165) is 0 Å². The Labute approximate surface area is 60.7 Å². The molecule has 10 heavy (non-hydrogen) atoms. The summed E-state index contributed by atoms with van der Waals surface area (Å²) in [5, 5.41) is 17.0. The lowest BCUT2D eigenvalue weighted by molar-refractivity contribution is -0.143. The second-order valence-electron chi connectivity index (χ2n) is 2.70. The van der Waals surface area contributed by atoms with Crippen molar-refractivity contribution in [3.8, 4) is 0 Å². The lowest BCUT2D eigenvalue weighted by Crippen LogP contribution is -2.20. The lowest BCUT2D eigenvalue weighted by atomic mass is 9.93. The third-order valence-electron chi connectivity index (χ3n) is 1.56. The second-order valence-corrected chi connectivity index (χ2v) is 2.70. The molecule has 0 amide bonds. The van der Waals surface area contributed by atoms with Crippen LogP contribution in [-0.2, 0) is 4.79 Å². The maximum atomic E-state index is 10.4. The van der Waals surface area contributed by atoms with Gasteiger partial charge in [-0.3, -0.25) is 4.79 Å². The Hall–Kier alpha value is -0.570. The van der Waals surface area contributed by atoms with Crippen LogP contribution in [0.25, 0.3) is 0 Å². The highest BCUT2D eigenvalue weighted by Crippen LogP contribution is 2.14. The first kappa shape index (κ1) is 9.43. The molecule has 1 atom stereocenters. The zero-order valence-corrected chi connectivity index (χ0v) is 6.37. The van der Waals surface area contributed by atoms with E-state index in [2.05, 4.69) is 0 Å². The maximum Gasteiger partial charge on any atom is 0.306 e.